The van der Waals surface area contributed by atoms with Crippen molar-refractivity contribution >= 4 is 0 Å². The summed E-state index contributed by atoms with van der Waals surface area (Å²) < 4.78 is 0. The maximum Gasteiger partial charge on any atom is 0.0472 e. The van der Waals surface area contributed by atoms with Gasteiger partial charge in [-0.3, -0.25) is 14.8 Å². The Labute approximate surface area is 109 Å². The van der Waals surface area contributed by atoms with E-state index in [2.05, 4.69) is 26.9 Å². The van der Waals surface area contributed by atoms with E-state index in [4.69, 9.17) is 5.73 Å². The molecule has 1 atom stereocenters. The van der Waals surface area contributed by atoms with Crippen molar-refractivity contribution in [2.45, 2.75) is 24.9 Å². The molecule has 0 radical (unpaired) electrons. The maximum absolute atomic E-state index is 5.97. The number of piperazine rings is 1. The van der Waals surface area contributed by atoms with Gasteiger partial charge in [0.25, 0.3) is 0 Å². The Morgan fingerprint density at radius 3 is 2.39 bits per heavy atom. The van der Waals surface area contributed by atoms with Crippen molar-refractivity contribution in [2.75, 3.05) is 32.7 Å². The van der Waals surface area contributed by atoms with Crippen molar-refractivity contribution in [1.82, 2.24) is 14.8 Å². The van der Waals surface area contributed by atoms with Gasteiger partial charge in [-0.25, -0.2) is 0 Å². The van der Waals surface area contributed by atoms with Gasteiger partial charge in [0.1, 0.15) is 0 Å². The molecule has 2 N–H and O–H groups in total. The van der Waals surface area contributed by atoms with Gasteiger partial charge in [-0.05, 0) is 30.5 Å². The smallest absolute Gasteiger partial charge is 0.0472 e. The van der Waals surface area contributed by atoms with Crippen LogP contribution in [0.5, 0.6) is 0 Å². The van der Waals surface area contributed by atoms with Crippen molar-refractivity contribution in [3.05, 3.63) is 30.1 Å². The molecular weight excluding hydrogens is 224 g/mol. The van der Waals surface area contributed by atoms with Gasteiger partial charge in [-0.1, -0.05) is 0 Å². The van der Waals surface area contributed by atoms with Crippen LogP contribution in [0.25, 0.3) is 0 Å². The summed E-state index contributed by atoms with van der Waals surface area (Å²) in [5.74, 6) is 0. The van der Waals surface area contributed by atoms with Gasteiger partial charge in [-0.2, -0.15) is 0 Å². The van der Waals surface area contributed by atoms with E-state index in [1.54, 1.807) is 0 Å². The molecule has 0 spiro atoms. The molecule has 0 bridgehead atoms. The molecule has 1 unspecified atom stereocenters. The molecule has 4 heteroatoms. The highest BCUT2D eigenvalue weighted by Crippen LogP contribution is 2.29. The van der Waals surface area contributed by atoms with Crippen molar-refractivity contribution < 1.29 is 0 Å². The third-order valence-corrected chi connectivity index (χ3v) is 4.17. The monoisotopic (exact) mass is 246 g/mol. The fraction of sp³-hybridized carbons (Fsp3) is 0.643. The number of aromatic nitrogens is 1. The predicted octanol–water partition coefficient (Wildman–Crippen LogP) is 0.861. The molecule has 98 valence electrons. The Bertz CT molecular complexity index is 369. The molecule has 1 aromatic heterocycles. The topological polar surface area (TPSA) is 45.4 Å². The number of rotatable bonds is 4. The fourth-order valence-corrected chi connectivity index (χ4v) is 2.94. The van der Waals surface area contributed by atoms with Gasteiger partial charge in [-0.15, -0.1) is 0 Å². The fourth-order valence-electron chi connectivity index (χ4n) is 2.94. The van der Waals surface area contributed by atoms with Gasteiger partial charge in [0.2, 0.25) is 0 Å². The average Bonchev–Trinajstić information content (AvgIpc) is 3.26. The van der Waals surface area contributed by atoms with Gasteiger partial charge in [0.15, 0.2) is 0 Å². The molecule has 3 rings (SSSR count). The highest BCUT2D eigenvalue weighted by atomic mass is 15.3. The molecule has 1 aliphatic carbocycles. The summed E-state index contributed by atoms with van der Waals surface area (Å²) in [5, 5.41) is 0. The third-order valence-electron chi connectivity index (χ3n) is 4.17. The molecule has 2 aliphatic rings. The van der Waals surface area contributed by atoms with Gasteiger partial charge in [0, 0.05) is 57.2 Å². The van der Waals surface area contributed by atoms with E-state index in [0.717, 1.165) is 19.1 Å². The lowest BCUT2D eigenvalue weighted by atomic mass is 10.1. The Kier molecular flexibility index (Phi) is 3.59. The molecule has 0 amide bonds. The molecule has 1 aromatic rings. The van der Waals surface area contributed by atoms with Crippen LogP contribution in [0.4, 0.5) is 0 Å². The minimum atomic E-state index is 0.356. The summed E-state index contributed by atoms with van der Waals surface area (Å²) in [7, 11) is 0. The van der Waals surface area contributed by atoms with E-state index in [1.807, 2.05) is 12.4 Å². The quantitative estimate of drug-likeness (QED) is 0.856. The zero-order valence-corrected chi connectivity index (χ0v) is 10.8. The number of hydrogen-bond donors (Lipinski definition) is 1. The van der Waals surface area contributed by atoms with E-state index in [-0.39, 0.29) is 0 Å². The van der Waals surface area contributed by atoms with Crippen LogP contribution in [0.3, 0.4) is 0 Å². The van der Waals surface area contributed by atoms with Crippen molar-refractivity contribution in [3.8, 4) is 0 Å². The second-order valence-corrected chi connectivity index (χ2v) is 5.34. The first-order valence-electron chi connectivity index (χ1n) is 6.96. The summed E-state index contributed by atoms with van der Waals surface area (Å²) in [4.78, 5) is 9.24. The van der Waals surface area contributed by atoms with Crippen LogP contribution in [0, 0.1) is 0 Å². The number of nitrogens with two attached hydrogens (primary N) is 1. The summed E-state index contributed by atoms with van der Waals surface area (Å²) in [6, 6.07) is 5.43. The summed E-state index contributed by atoms with van der Waals surface area (Å²) in [6.07, 6.45) is 6.53. The molecule has 18 heavy (non-hydrogen) atoms. The van der Waals surface area contributed by atoms with Gasteiger partial charge < -0.3 is 5.73 Å². The molecule has 0 aromatic carbocycles. The van der Waals surface area contributed by atoms with E-state index < -0.39 is 0 Å². The van der Waals surface area contributed by atoms with Gasteiger partial charge >= 0.3 is 0 Å². The van der Waals surface area contributed by atoms with E-state index >= 15 is 0 Å². The third kappa shape index (κ3) is 2.55. The molecule has 2 fully saturated rings. The summed E-state index contributed by atoms with van der Waals surface area (Å²) in [6.45, 7) is 5.37. The minimum Gasteiger partial charge on any atom is -0.329 e. The van der Waals surface area contributed by atoms with Crippen molar-refractivity contribution in [3.63, 3.8) is 0 Å². The Balaban J connectivity index is 1.62. The number of nitrogens with zero attached hydrogens (tertiary/aromatic N) is 3. The molecular formula is C14H22N4. The van der Waals surface area contributed by atoms with Crippen molar-refractivity contribution in [2.24, 2.45) is 5.73 Å². The largest absolute Gasteiger partial charge is 0.329 e. The molecule has 1 saturated carbocycles. The SMILES string of the molecule is NCC(c1ccncc1)N1CCN(C2CC2)CC1. The van der Waals surface area contributed by atoms with Gasteiger partial charge in [0.05, 0.1) is 0 Å². The minimum absolute atomic E-state index is 0.356. The zero-order chi connectivity index (χ0) is 12.4. The van der Waals surface area contributed by atoms with Crippen LogP contribution >= 0.6 is 0 Å². The molecule has 4 nitrogen and oxygen atoms in total. The van der Waals surface area contributed by atoms with Crippen LogP contribution < -0.4 is 5.73 Å². The van der Waals surface area contributed by atoms with E-state index in [9.17, 15) is 0 Å². The number of pyridine rings is 1. The predicted molar refractivity (Wildman–Crippen MR) is 72.2 cm³/mol. The number of hydrogen-bond acceptors (Lipinski definition) is 4. The summed E-state index contributed by atoms with van der Waals surface area (Å²) >= 11 is 0. The Hall–Kier alpha value is -0.970. The second kappa shape index (κ2) is 5.34. The Morgan fingerprint density at radius 2 is 1.83 bits per heavy atom. The first-order chi connectivity index (χ1) is 8.88. The van der Waals surface area contributed by atoms with Crippen LogP contribution in [-0.2, 0) is 0 Å². The standard InChI is InChI=1S/C14H22N4/c15-11-14(12-3-5-16-6-4-12)18-9-7-17(8-10-18)13-1-2-13/h3-6,13-14H,1-2,7-11,15H2. The normalized spacial score (nSPS) is 24.1. The van der Waals surface area contributed by atoms with Crippen LogP contribution in [0.1, 0.15) is 24.4 Å². The lowest BCUT2D eigenvalue weighted by Gasteiger charge is -2.39. The first kappa shape index (κ1) is 12.1. The second-order valence-electron chi connectivity index (χ2n) is 5.34. The average molecular weight is 246 g/mol. The Morgan fingerprint density at radius 1 is 1.17 bits per heavy atom. The molecule has 1 saturated heterocycles. The molecule has 1 aliphatic heterocycles. The maximum atomic E-state index is 5.97. The van der Waals surface area contributed by atoms with Crippen molar-refractivity contribution in [1.29, 1.82) is 0 Å². The zero-order valence-electron chi connectivity index (χ0n) is 10.8. The highest BCUT2D eigenvalue weighted by molar-refractivity contribution is 5.16. The summed E-state index contributed by atoms with van der Waals surface area (Å²) in [5.41, 5.74) is 7.27. The van der Waals surface area contributed by atoms with E-state index in [0.29, 0.717) is 12.6 Å². The molecule has 2 heterocycles. The lowest BCUT2D eigenvalue weighted by Crippen LogP contribution is -2.49. The highest BCUT2D eigenvalue weighted by Gasteiger charge is 2.32. The van der Waals surface area contributed by atoms with E-state index in [1.165, 1.54) is 31.5 Å². The lowest BCUT2D eigenvalue weighted by molar-refractivity contribution is 0.0938. The van der Waals surface area contributed by atoms with Crippen LogP contribution in [0.15, 0.2) is 24.5 Å². The van der Waals surface area contributed by atoms with Crippen LogP contribution in [0.2, 0.25) is 0 Å². The van der Waals surface area contributed by atoms with Crippen LogP contribution in [-0.4, -0.2) is 53.5 Å². The first-order valence-corrected chi connectivity index (χ1v) is 6.96.